The molecule has 36 heavy (non-hydrogen) atoms. The van der Waals surface area contributed by atoms with Crippen LogP contribution in [0.5, 0.6) is 34.5 Å². The Kier molecular flexibility index (Phi) is 7.28. The smallest absolute Gasteiger partial charge is 0.246 e. The fourth-order valence-corrected chi connectivity index (χ4v) is 4.74. The summed E-state index contributed by atoms with van der Waals surface area (Å²) in [5, 5.41) is 0. The van der Waals surface area contributed by atoms with Crippen molar-refractivity contribution in [2.24, 2.45) is 0 Å². The number of ether oxygens (including phenoxy) is 6. The van der Waals surface area contributed by atoms with E-state index in [-0.39, 0.29) is 18.1 Å². The number of amides is 1. The van der Waals surface area contributed by atoms with Crippen LogP contribution in [0.4, 0.5) is 0 Å². The maximum absolute atomic E-state index is 13.0. The fourth-order valence-electron chi connectivity index (χ4n) is 4.74. The van der Waals surface area contributed by atoms with Gasteiger partial charge in [-0.2, -0.15) is 0 Å². The largest absolute Gasteiger partial charge is 0.493 e. The van der Waals surface area contributed by atoms with E-state index in [0.717, 1.165) is 5.56 Å². The van der Waals surface area contributed by atoms with Gasteiger partial charge in [0.15, 0.2) is 28.8 Å². The van der Waals surface area contributed by atoms with Crippen molar-refractivity contribution in [2.45, 2.75) is 24.9 Å². The number of ketones is 1. The van der Waals surface area contributed by atoms with Gasteiger partial charge in [-0.3, -0.25) is 9.59 Å². The van der Waals surface area contributed by atoms with Crippen molar-refractivity contribution in [1.29, 1.82) is 0 Å². The Morgan fingerprint density at radius 2 is 1.50 bits per heavy atom. The summed E-state index contributed by atoms with van der Waals surface area (Å²) in [6.45, 7) is 0.931. The van der Waals surface area contributed by atoms with E-state index in [1.807, 2.05) is 0 Å². The van der Waals surface area contributed by atoms with Crippen molar-refractivity contribution in [2.75, 3.05) is 48.6 Å². The van der Waals surface area contributed by atoms with Gasteiger partial charge in [0, 0.05) is 32.0 Å². The number of Topliss-reactive ketones (excluding diaryl/α,β-unsaturated/α-hetero) is 1. The molecule has 0 bridgehead atoms. The van der Waals surface area contributed by atoms with Crippen LogP contribution in [-0.4, -0.2) is 70.8 Å². The Labute approximate surface area is 210 Å². The van der Waals surface area contributed by atoms with Gasteiger partial charge in [-0.25, -0.2) is 0 Å². The highest BCUT2D eigenvalue weighted by atomic mass is 16.5. The average Bonchev–Trinajstić information content (AvgIpc) is 2.90. The topological polar surface area (TPSA) is 92.8 Å². The number of fused-ring (bicyclic) bond motifs is 1. The normalized spacial score (nSPS) is 16.4. The zero-order chi connectivity index (χ0) is 25.9. The molecule has 0 aliphatic carbocycles. The lowest BCUT2D eigenvalue weighted by Crippen LogP contribution is -2.52. The van der Waals surface area contributed by atoms with Gasteiger partial charge in [0.25, 0.3) is 0 Å². The molecule has 0 atom stereocenters. The lowest BCUT2D eigenvalue weighted by molar-refractivity contribution is -0.129. The second-order valence-corrected chi connectivity index (χ2v) is 8.68. The summed E-state index contributed by atoms with van der Waals surface area (Å²) in [7, 11) is 7.69. The molecule has 0 radical (unpaired) electrons. The molecule has 192 valence electrons. The number of carbonyl (C=O) groups excluding carboxylic acids is 2. The number of rotatable bonds is 7. The minimum absolute atomic E-state index is 0.000671. The lowest BCUT2D eigenvalue weighted by atomic mass is 9.82. The summed E-state index contributed by atoms with van der Waals surface area (Å²) in [6.07, 6.45) is 4.56. The molecule has 0 unspecified atom stereocenters. The van der Waals surface area contributed by atoms with Crippen LogP contribution in [0, 0.1) is 0 Å². The van der Waals surface area contributed by atoms with E-state index in [9.17, 15) is 9.59 Å². The molecule has 2 aromatic carbocycles. The summed E-state index contributed by atoms with van der Waals surface area (Å²) < 4.78 is 33.4. The minimum Gasteiger partial charge on any atom is -0.493 e. The number of carbonyl (C=O) groups is 2. The highest BCUT2D eigenvalue weighted by molar-refractivity contribution is 6.01. The Morgan fingerprint density at radius 1 is 0.889 bits per heavy atom. The van der Waals surface area contributed by atoms with Crippen molar-refractivity contribution >= 4 is 17.8 Å². The maximum atomic E-state index is 13.0. The number of piperidine rings is 1. The quantitative estimate of drug-likeness (QED) is 0.534. The predicted octanol–water partition coefficient (Wildman–Crippen LogP) is 3.77. The Bertz CT molecular complexity index is 1160. The molecule has 2 aliphatic heterocycles. The van der Waals surface area contributed by atoms with E-state index in [2.05, 4.69) is 0 Å². The van der Waals surface area contributed by atoms with Gasteiger partial charge >= 0.3 is 0 Å². The van der Waals surface area contributed by atoms with Gasteiger partial charge < -0.3 is 33.3 Å². The number of hydrogen-bond donors (Lipinski definition) is 0. The van der Waals surface area contributed by atoms with Crippen molar-refractivity contribution in [3.63, 3.8) is 0 Å². The molecule has 9 heteroatoms. The first kappa shape index (κ1) is 25.2. The van der Waals surface area contributed by atoms with Crippen LogP contribution in [0.15, 0.2) is 30.3 Å². The Hall–Kier alpha value is -3.88. The Balaban J connectivity index is 1.47. The van der Waals surface area contributed by atoms with E-state index >= 15 is 0 Å². The summed E-state index contributed by atoms with van der Waals surface area (Å²) in [5.74, 6) is 2.71. The number of methoxy groups -OCH3 is 5. The second-order valence-electron chi connectivity index (χ2n) is 8.68. The zero-order valence-electron chi connectivity index (χ0n) is 21.2. The summed E-state index contributed by atoms with van der Waals surface area (Å²) in [5.41, 5.74) is 0.552. The van der Waals surface area contributed by atoms with Crippen molar-refractivity contribution in [3.8, 4) is 34.5 Å². The van der Waals surface area contributed by atoms with Crippen LogP contribution in [0.1, 0.15) is 35.2 Å². The van der Waals surface area contributed by atoms with E-state index in [1.165, 1.54) is 20.3 Å². The number of hydrogen-bond acceptors (Lipinski definition) is 8. The molecule has 2 aromatic rings. The van der Waals surface area contributed by atoms with Gasteiger partial charge in [-0.1, -0.05) is 0 Å². The third-order valence-electron chi connectivity index (χ3n) is 6.69. The van der Waals surface area contributed by atoms with Gasteiger partial charge in [0.05, 0.1) is 47.5 Å². The first-order valence-corrected chi connectivity index (χ1v) is 11.6. The van der Waals surface area contributed by atoms with Crippen molar-refractivity contribution < 1.29 is 38.0 Å². The van der Waals surface area contributed by atoms with Crippen LogP contribution >= 0.6 is 0 Å². The van der Waals surface area contributed by atoms with E-state index in [4.69, 9.17) is 28.4 Å². The number of nitrogens with zero attached hydrogens (tertiary/aromatic N) is 1. The standard InChI is InChI=1S/C27H31NO8/c1-31-20-8-7-18-19(29)16-27(36-24(18)26(20)35-5)10-12-28(13-11-27)23(30)9-6-17-14-21(32-2)25(34-4)22(15-17)33-3/h6-9,14-15H,10-13,16H2,1-5H3/b9-6+. The monoisotopic (exact) mass is 497 g/mol. The molecule has 0 saturated carbocycles. The fraction of sp³-hybridized carbons (Fsp3) is 0.407. The minimum atomic E-state index is -0.680. The molecule has 1 amide bonds. The van der Waals surface area contributed by atoms with Crippen molar-refractivity contribution in [3.05, 3.63) is 41.5 Å². The van der Waals surface area contributed by atoms with Crippen LogP contribution < -0.4 is 28.4 Å². The molecule has 2 aliphatic rings. The molecule has 0 aromatic heterocycles. The molecule has 1 saturated heterocycles. The second kappa shape index (κ2) is 10.4. The van der Waals surface area contributed by atoms with Gasteiger partial charge in [-0.05, 0) is 35.9 Å². The Morgan fingerprint density at radius 3 is 2.06 bits per heavy atom. The summed E-state index contributed by atoms with van der Waals surface area (Å²) in [6, 6.07) is 6.96. The van der Waals surface area contributed by atoms with E-state index < -0.39 is 5.60 Å². The summed E-state index contributed by atoms with van der Waals surface area (Å²) in [4.78, 5) is 27.6. The van der Waals surface area contributed by atoms with Crippen molar-refractivity contribution in [1.82, 2.24) is 4.90 Å². The highest BCUT2D eigenvalue weighted by Gasteiger charge is 2.45. The third kappa shape index (κ3) is 4.65. The molecular weight excluding hydrogens is 466 g/mol. The molecule has 9 nitrogen and oxygen atoms in total. The summed E-state index contributed by atoms with van der Waals surface area (Å²) >= 11 is 0. The molecule has 1 fully saturated rings. The van der Waals surface area contributed by atoms with Gasteiger partial charge in [0.1, 0.15) is 5.60 Å². The molecular formula is C27H31NO8. The lowest BCUT2D eigenvalue weighted by Gasteiger charge is -2.44. The van der Waals surface area contributed by atoms with Crippen LogP contribution in [0.3, 0.4) is 0 Å². The zero-order valence-corrected chi connectivity index (χ0v) is 21.2. The molecule has 2 heterocycles. The predicted molar refractivity (Wildman–Crippen MR) is 133 cm³/mol. The van der Waals surface area contributed by atoms with Crippen LogP contribution in [-0.2, 0) is 4.79 Å². The molecule has 1 spiro atoms. The number of benzene rings is 2. The van der Waals surface area contributed by atoms with Crippen LogP contribution in [0.25, 0.3) is 6.08 Å². The maximum Gasteiger partial charge on any atom is 0.246 e. The van der Waals surface area contributed by atoms with E-state index in [1.54, 1.807) is 56.6 Å². The number of likely N-dealkylation sites (tertiary alicyclic amines) is 1. The van der Waals surface area contributed by atoms with E-state index in [0.29, 0.717) is 66.0 Å². The van der Waals surface area contributed by atoms with Gasteiger partial charge in [0.2, 0.25) is 17.4 Å². The molecule has 4 rings (SSSR count). The van der Waals surface area contributed by atoms with Crippen LogP contribution in [0.2, 0.25) is 0 Å². The highest BCUT2D eigenvalue weighted by Crippen LogP contribution is 2.48. The average molecular weight is 498 g/mol. The van der Waals surface area contributed by atoms with Gasteiger partial charge in [-0.15, -0.1) is 0 Å². The third-order valence-corrected chi connectivity index (χ3v) is 6.69. The first-order chi connectivity index (χ1) is 17.4. The first-order valence-electron chi connectivity index (χ1n) is 11.6. The SMILES string of the molecule is COc1cc(/C=C/C(=O)N2CCC3(CC2)CC(=O)c2ccc(OC)c(OC)c2O3)cc(OC)c1OC. The molecule has 0 N–H and O–H groups in total.